The zero-order chi connectivity index (χ0) is 25.6. The Morgan fingerprint density at radius 1 is 1.00 bits per heavy atom. The predicted molar refractivity (Wildman–Crippen MR) is 120 cm³/mol. The Bertz CT molecular complexity index is 1220. The van der Waals surface area contributed by atoms with Crippen LogP contribution < -0.4 is 5.32 Å². The Hall–Kier alpha value is -3.49. The third-order valence-corrected chi connectivity index (χ3v) is 6.43. The first-order chi connectivity index (χ1) is 16.4. The highest BCUT2D eigenvalue weighted by molar-refractivity contribution is 6.14. The summed E-state index contributed by atoms with van der Waals surface area (Å²) in [5, 5.41) is 1.75. The number of hydrogen-bond donors (Lipinski definition) is 1. The second-order valence-corrected chi connectivity index (χ2v) is 9.64. The molecule has 4 rings (SSSR count). The standard InChI is InChI=1S/C26H24F4N2O3/c1-24(2)14-19-21(20(33)15-24)25(26(28,29)30,31-22(34)17-10-6-7-11-18(17)27)23(35)32(19)13-12-16-8-4-3-5-9-16/h3-11H,12-15H2,1-2H3,(H,31,34)/t25-/m0/s1. The lowest BCUT2D eigenvalue weighted by atomic mass is 9.72. The van der Waals surface area contributed by atoms with Crippen LogP contribution in [0, 0.1) is 11.2 Å². The van der Waals surface area contributed by atoms with Gasteiger partial charge >= 0.3 is 6.18 Å². The summed E-state index contributed by atoms with van der Waals surface area (Å²) >= 11 is 0. The molecule has 1 aliphatic carbocycles. The number of carbonyl (C=O) groups is 3. The van der Waals surface area contributed by atoms with Crippen LogP contribution in [0.25, 0.3) is 0 Å². The fraction of sp³-hybridized carbons (Fsp3) is 0.346. The molecule has 35 heavy (non-hydrogen) atoms. The molecular formula is C26H24F4N2O3. The predicted octanol–water partition coefficient (Wildman–Crippen LogP) is 4.58. The maximum absolute atomic E-state index is 14.8. The van der Waals surface area contributed by atoms with E-state index in [1.54, 1.807) is 49.5 Å². The van der Waals surface area contributed by atoms with E-state index in [0.29, 0.717) is 0 Å². The van der Waals surface area contributed by atoms with E-state index < -0.39 is 51.7 Å². The fourth-order valence-electron chi connectivity index (χ4n) is 4.83. The van der Waals surface area contributed by atoms with Crippen LogP contribution in [-0.4, -0.2) is 40.8 Å². The van der Waals surface area contributed by atoms with Gasteiger partial charge in [-0.3, -0.25) is 14.4 Å². The molecular weight excluding hydrogens is 464 g/mol. The number of amides is 2. The summed E-state index contributed by atoms with van der Waals surface area (Å²) in [6.45, 7) is 3.36. The molecule has 2 aliphatic rings. The van der Waals surface area contributed by atoms with Crippen LogP contribution in [0.4, 0.5) is 17.6 Å². The van der Waals surface area contributed by atoms with Crippen molar-refractivity contribution in [2.75, 3.05) is 6.54 Å². The van der Waals surface area contributed by atoms with Gasteiger partial charge in [-0.15, -0.1) is 0 Å². The third-order valence-electron chi connectivity index (χ3n) is 6.43. The lowest BCUT2D eigenvalue weighted by Crippen LogP contribution is -2.66. The number of alkyl halides is 3. The minimum atomic E-state index is -5.34. The molecule has 1 N–H and O–H groups in total. The smallest absolute Gasteiger partial charge is 0.326 e. The van der Waals surface area contributed by atoms with Gasteiger partial charge in [0, 0.05) is 18.7 Å². The molecule has 0 bridgehead atoms. The lowest BCUT2D eigenvalue weighted by Gasteiger charge is -2.35. The Morgan fingerprint density at radius 2 is 1.63 bits per heavy atom. The highest BCUT2D eigenvalue weighted by Crippen LogP contribution is 2.51. The minimum Gasteiger partial charge on any atom is -0.326 e. The largest absolute Gasteiger partial charge is 0.425 e. The fourth-order valence-corrected chi connectivity index (χ4v) is 4.83. The van der Waals surface area contributed by atoms with E-state index in [1.165, 1.54) is 12.1 Å². The van der Waals surface area contributed by atoms with Crippen molar-refractivity contribution in [3.63, 3.8) is 0 Å². The highest BCUT2D eigenvalue weighted by atomic mass is 19.4. The quantitative estimate of drug-likeness (QED) is 0.627. The second-order valence-electron chi connectivity index (χ2n) is 9.64. The molecule has 0 fully saturated rings. The molecule has 0 saturated heterocycles. The molecule has 0 aromatic heterocycles. The van der Waals surface area contributed by atoms with E-state index in [4.69, 9.17) is 0 Å². The third kappa shape index (κ3) is 4.24. The molecule has 1 aliphatic heterocycles. The molecule has 2 aromatic carbocycles. The van der Waals surface area contributed by atoms with Gasteiger partial charge in [0.2, 0.25) is 5.54 Å². The summed E-state index contributed by atoms with van der Waals surface area (Å²) in [5.74, 6) is -4.79. The number of nitrogens with one attached hydrogen (secondary N) is 1. The van der Waals surface area contributed by atoms with Gasteiger partial charge in [0.25, 0.3) is 11.8 Å². The van der Waals surface area contributed by atoms with Crippen LogP contribution in [0.5, 0.6) is 0 Å². The Kier molecular flexibility index (Phi) is 6.07. The van der Waals surface area contributed by atoms with Gasteiger partial charge < -0.3 is 10.2 Å². The summed E-state index contributed by atoms with van der Waals surface area (Å²) in [7, 11) is 0. The summed E-state index contributed by atoms with van der Waals surface area (Å²) in [6.07, 6.45) is -5.28. The number of carbonyl (C=O) groups excluding carboxylic acids is 3. The summed E-state index contributed by atoms with van der Waals surface area (Å²) in [4.78, 5) is 40.5. The number of Topliss-reactive ketones (excluding diaryl/α,β-unsaturated/α-hetero) is 1. The van der Waals surface area contributed by atoms with Crippen LogP contribution in [0.3, 0.4) is 0 Å². The van der Waals surface area contributed by atoms with Gasteiger partial charge in [-0.05, 0) is 36.0 Å². The van der Waals surface area contributed by atoms with E-state index in [1.807, 2.05) is 0 Å². The zero-order valence-corrected chi connectivity index (χ0v) is 19.2. The van der Waals surface area contributed by atoms with Gasteiger partial charge in [0.15, 0.2) is 5.78 Å². The molecule has 184 valence electrons. The van der Waals surface area contributed by atoms with Crippen molar-refractivity contribution < 1.29 is 31.9 Å². The molecule has 2 aromatic rings. The Morgan fingerprint density at radius 3 is 2.26 bits per heavy atom. The van der Waals surface area contributed by atoms with Crippen LogP contribution in [0.15, 0.2) is 65.9 Å². The first-order valence-electron chi connectivity index (χ1n) is 11.1. The molecule has 0 spiro atoms. The van der Waals surface area contributed by atoms with Gasteiger partial charge in [0.05, 0.1) is 11.1 Å². The molecule has 9 heteroatoms. The maximum atomic E-state index is 14.8. The minimum absolute atomic E-state index is 0.0432. The first-order valence-corrected chi connectivity index (χ1v) is 11.1. The summed E-state index contributed by atoms with van der Waals surface area (Å²) in [5.41, 5.74) is -4.95. The zero-order valence-electron chi connectivity index (χ0n) is 19.2. The van der Waals surface area contributed by atoms with E-state index in [0.717, 1.165) is 22.6 Å². The number of benzene rings is 2. The number of ketones is 1. The van der Waals surface area contributed by atoms with Crippen molar-refractivity contribution in [1.82, 2.24) is 10.2 Å². The number of hydrogen-bond acceptors (Lipinski definition) is 3. The topological polar surface area (TPSA) is 66.5 Å². The van der Waals surface area contributed by atoms with E-state index in [9.17, 15) is 31.9 Å². The summed E-state index contributed by atoms with van der Waals surface area (Å²) < 4.78 is 58.5. The maximum Gasteiger partial charge on any atom is 0.425 e. The second kappa shape index (κ2) is 8.62. The number of nitrogens with zero attached hydrogens (tertiary/aromatic N) is 1. The van der Waals surface area contributed by atoms with Crippen molar-refractivity contribution in [2.24, 2.45) is 5.41 Å². The number of rotatable bonds is 5. The van der Waals surface area contributed by atoms with Crippen molar-refractivity contribution in [1.29, 1.82) is 0 Å². The highest BCUT2D eigenvalue weighted by Gasteiger charge is 2.71. The van der Waals surface area contributed by atoms with E-state index >= 15 is 0 Å². The molecule has 0 saturated carbocycles. The summed E-state index contributed by atoms with van der Waals surface area (Å²) in [6, 6.07) is 13.4. The van der Waals surface area contributed by atoms with Crippen molar-refractivity contribution in [2.45, 2.75) is 44.8 Å². The molecule has 0 unspecified atom stereocenters. The van der Waals surface area contributed by atoms with E-state index in [-0.39, 0.29) is 31.5 Å². The number of halogens is 4. The SMILES string of the molecule is CC1(C)CC(=O)C2=C(C1)N(CCc1ccccc1)C(=O)[C@]2(NC(=O)c1ccccc1F)C(F)(F)F. The average molecular weight is 488 g/mol. The van der Waals surface area contributed by atoms with Crippen molar-refractivity contribution in [3.8, 4) is 0 Å². The van der Waals surface area contributed by atoms with Crippen LogP contribution >= 0.6 is 0 Å². The van der Waals surface area contributed by atoms with Gasteiger partial charge in [-0.2, -0.15) is 13.2 Å². The Balaban J connectivity index is 1.82. The van der Waals surface area contributed by atoms with Gasteiger partial charge in [0.1, 0.15) is 5.82 Å². The molecule has 0 radical (unpaired) electrons. The monoisotopic (exact) mass is 488 g/mol. The number of allylic oxidation sites excluding steroid dienone is 1. The lowest BCUT2D eigenvalue weighted by molar-refractivity contribution is -0.190. The van der Waals surface area contributed by atoms with Crippen molar-refractivity contribution in [3.05, 3.63) is 82.8 Å². The average Bonchev–Trinajstić information content (AvgIpc) is 3.00. The van der Waals surface area contributed by atoms with E-state index in [2.05, 4.69) is 0 Å². The van der Waals surface area contributed by atoms with Gasteiger partial charge in [-0.1, -0.05) is 56.3 Å². The molecule has 2 amide bonds. The molecule has 1 heterocycles. The normalized spacial score (nSPS) is 21.8. The Labute approximate surface area is 199 Å². The van der Waals surface area contributed by atoms with Crippen LogP contribution in [0.2, 0.25) is 0 Å². The molecule has 1 atom stereocenters. The van der Waals surface area contributed by atoms with Crippen LogP contribution in [0.1, 0.15) is 42.6 Å². The van der Waals surface area contributed by atoms with Crippen molar-refractivity contribution >= 4 is 17.6 Å². The van der Waals surface area contributed by atoms with Crippen LogP contribution in [-0.2, 0) is 16.0 Å². The molecule has 5 nitrogen and oxygen atoms in total. The first kappa shape index (κ1) is 24.6. The van der Waals surface area contributed by atoms with Gasteiger partial charge in [-0.25, -0.2) is 4.39 Å².